The number of rotatable bonds is 8. The van der Waals surface area contributed by atoms with Crippen molar-refractivity contribution in [3.63, 3.8) is 0 Å². The third-order valence-electron chi connectivity index (χ3n) is 4.84. The number of aryl methyl sites for hydroxylation is 1. The van der Waals surface area contributed by atoms with Crippen molar-refractivity contribution in [1.82, 2.24) is 5.32 Å². The van der Waals surface area contributed by atoms with Gasteiger partial charge < -0.3 is 16.2 Å². The van der Waals surface area contributed by atoms with Crippen LogP contribution in [0.4, 0.5) is 0 Å². The molecule has 5 heteroatoms. The lowest BCUT2D eigenvalue weighted by molar-refractivity contribution is -0.140. The minimum Gasteiger partial charge on any atom is -0.480 e. The standard InChI is InChI=1S/C18H23N.C5H7NO3/c19-18(17-13-7-3-8-14-17)15-9-2-6-12-16-10-4-1-5-11-16;7-4-2-1-3(6-4)5(8)9/h1,3-5,7-8,10-11,13-14,18H,2,6,9,12,15,19H2;3H,1-2H2,(H,6,7)(H,8,9)/t;3-/m.0/s1. The lowest BCUT2D eigenvalue weighted by Gasteiger charge is -2.11. The average molecular weight is 383 g/mol. The molecular weight excluding hydrogens is 352 g/mol. The van der Waals surface area contributed by atoms with Crippen molar-refractivity contribution in [3.8, 4) is 0 Å². The van der Waals surface area contributed by atoms with Gasteiger partial charge in [0.25, 0.3) is 0 Å². The Hall–Kier alpha value is -2.66. The third-order valence-corrected chi connectivity index (χ3v) is 4.84. The number of aliphatic carboxylic acids is 1. The van der Waals surface area contributed by atoms with Crippen LogP contribution in [0.2, 0.25) is 0 Å². The molecule has 0 spiro atoms. The van der Waals surface area contributed by atoms with Crippen LogP contribution in [0.3, 0.4) is 0 Å². The van der Waals surface area contributed by atoms with E-state index in [0.29, 0.717) is 12.8 Å². The molecule has 0 aliphatic carbocycles. The molecule has 0 aromatic heterocycles. The van der Waals surface area contributed by atoms with Crippen LogP contribution in [0.5, 0.6) is 0 Å². The van der Waals surface area contributed by atoms with Crippen molar-refractivity contribution in [1.29, 1.82) is 0 Å². The molecule has 1 fully saturated rings. The van der Waals surface area contributed by atoms with Gasteiger partial charge in [-0.1, -0.05) is 73.5 Å². The maximum absolute atomic E-state index is 10.4. The van der Waals surface area contributed by atoms with Crippen molar-refractivity contribution >= 4 is 11.9 Å². The Balaban J connectivity index is 0.000000261. The summed E-state index contributed by atoms with van der Waals surface area (Å²) in [5.41, 5.74) is 8.88. The van der Waals surface area contributed by atoms with E-state index in [4.69, 9.17) is 10.8 Å². The van der Waals surface area contributed by atoms with Gasteiger partial charge in [-0.3, -0.25) is 4.79 Å². The molecule has 2 atom stereocenters. The van der Waals surface area contributed by atoms with Crippen LogP contribution in [-0.4, -0.2) is 23.0 Å². The summed E-state index contributed by atoms with van der Waals surface area (Å²) >= 11 is 0. The number of hydrogen-bond donors (Lipinski definition) is 3. The highest BCUT2D eigenvalue weighted by Crippen LogP contribution is 2.17. The van der Waals surface area contributed by atoms with Crippen molar-refractivity contribution in [2.75, 3.05) is 0 Å². The quantitative estimate of drug-likeness (QED) is 0.605. The molecular formula is C23H30N2O3. The monoisotopic (exact) mass is 382 g/mol. The van der Waals surface area contributed by atoms with Crippen LogP contribution in [0, 0.1) is 0 Å². The summed E-state index contributed by atoms with van der Waals surface area (Å²) < 4.78 is 0. The van der Waals surface area contributed by atoms with E-state index in [9.17, 15) is 9.59 Å². The minimum absolute atomic E-state index is 0.164. The van der Waals surface area contributed by atoms with E-state index in [1.54, 1.807) is 0 Å². The summed E-state index contributed by atoms with van der Waals surface area (Å²) in [7, 11) is 0. The Morgan fingerprint density at radius 2 is 1.68 bits per heavy atom. The highest BCUT2D eigenvalue weighted by Gasteiger charge is 2.26. The second-order valence-corrected chi connectivity index (χ2v) is 7.10. The first-order chi connectivity index (χ1) is 13.6. The van der Waals surface area contributed by atoms with Gasteiger partial charge in [0, 0.05) is 12.5 Å². The Morgan fingerprint density at radius 1 is 1.04 bits per heavy atom. The van der Waals surface area contributed by atoms with Gasteiger partial charge >= 0.3 is 5.97 Å². The fraction of sp³-hybridized carbons (Fsp3) is 0.391. The first kappa shape index (κ1) is 21.6. The number of carbonyl (C=O) groups excluding carboxylic acids is 1. The van der Waals surface area contributed by atoms with E-state index in [-0.39, 0.29) is 11.9 Å². The highest BCUT2D eigenvalue weighted by atomic mass is 16.4. The molecule has 0 radical (unpaired) electrons. The fourth-order valence-corrected chi connectivity index (χ4v) is 3.18. The van der Waals surface area contributed by atoms with Crippen molar-refractivity contribution in [2.24, 2.45) is 5.73 Å². The third kappa shape index (κ3) is 7.92. The number of amides is 1. The largest absolute Gasteiger partial charge is 0.480 e. The van der Waals surface area contributed by atoms with E-state index in [0.717, 1.165) is 6.42 Å². The fourth-order valence-electron chi connectivity index (χ4n) is 3.18. The van der Waals surface area contributed by atoms with E-state index in [1.807, 2.05) is 6.07 Å². The maximum Gasteiger partial charge on any atom is 0.326 e. The van der Waals surface area contributed by atoms with Crippen LogP contribution < -0.4 is 11.1 Å². The van der Waals surface area contributed by atoms with Gasteiger partial charge in [0.15, 0.2) is 0 Å². The van der Waals surface area contributed by atoms with Gasteiger partial charge in [0.05, 0.1) is 0 Å². The molecule has 5 nitrogen and oxygen atoms in total. The number of unbranched alkanes of at least 4 members (excludes halogenated alkanes) is 2. The number of benzene rings is 2. The zero-order chi connectivity index (χ0) is 20.2. The number of nitrogens with one attached hydrogen (secondary N) is 1. The summed E-state index contributed by atoms with van der Waals surface area (Å²) in [6, 6.07) is 20.7. The molecule has 2 aromatic rings. The molecule has 3 rings (SSSR count). The van der Waals surface area contributed by atoms with Crippen molar-refractivity contribution in [2.45, 2.75) is 57.0 Å². The highest BCUT2D eigenvalue weighted by molar-refractivity contribution is 5.87. The molecule has 1 aliphatic rings. The Bertz CT molecular complexity index is 719. The van der Waals surface area contributed by atoms with Crippen molar-refractivity contribution in [3.05, 3.63) is 71.8 Å². The Labute approximate surface area is 167 Å². The van der Waals surface area contributed by atoms with Crippen LogP contribution in [0.15, 0.2) is 60.7 Å². The number of nitrogens with two attached hydrogens (primary N) is 1. The summed E-state index contributed by atoms with van der Waals surface area (Å²) in [5, 5.41) is 10.6. The van der Waals surface area contributed by atoms with Crippen LogP contribution in [0.1, 0.15) is 55.7 Å². The second-order valence-electron chi connectivity index (χ2n) is 7.10. The van der Waals surface area contributed by atoms with Crippen LogP contribution >= 0.6 is 0 Å². The SMILES string of the molecule is NC(CCCCCc1ccccc1)c1ccccc1.O=C1CC[C@@H](C(=O)O)N1. The molecule has 1 heterocycles. The Kier molecular flexibility index (Phi) is 9.22. The van der Waals surface area contributed by atoms with Crippen LogP contribution in [-0.2, 0) is 16.0 Å². The van der Waals surface area contributed by atoms with Crippen molar-refractivity contribution < 1.29 is 14.7 Å². The molecule has 1 aliphatic heterocycles. The lowest BCUT2D eigenvalue weighted by atomic mass is 10.00. The number of carboxylic acids is 1. The maximum atomic E-state index is 10.4. The molecule has 1 saturated heterocycles. The van der Waals surface area contributed by atoms with Gasteiger partial charge in [-0.05, 0) is 36.8 Å². The smallest absolute Gasteiger partial charge is 0.326 e. The first-order valence-electron chi connectivity index (χ1n) is 9.93. The van der Waals surface area contributed by atoms with E-state index in [1.165, 1.54) is 36.8 Å². The van der Waals surface area contributed by atoms with E-state index < -0.39 is 12.0 Å². The molecule has 28 heavy (non-hydrogen) atoms. The molecule has 0 saturated carbocycles. The minimum atomic E-state index is -0.944. The van der Waals surface area contributed by atoms with Gasteiger partial charge in [-0.15, -0.1) is 0 Å². The number of carboxylic acid groups (broad SMARTS) is 1. The Morgan fingerprint density at radius 3 is 2.21 bits per heavy atom. The summed E-state index contributed by atoms with van der Waals surface area (Å²) in [6.45, 7) is 0. The normalized spacial score (nSPS) is 16.6. The molecule has 2 aromatic carbocycles. The summed E-state index contributed by atoms with van der Waals surface area (Å²) in [4.78, 5) is 20.5. The van der Waals surface area contributed by atoms with Gasteiger partial charge in [0.1, 0.15) is 6.04 Å². The predicted molar refractivity (Wildman–Crippen MR) is 111 cm³/mol. The predicted octanol–water partition coefficient (Wildman–Crippen LogP) is 3.84. The lowest BCUT2D eigenvalue weighted by Crippen LogP contribution is -2.32. The van der Waals surface area contributed by atoms with E-state index in [2.05, 4.69) is 59.9 Å². The van der Waals surface area contributed by atoms with Crippen LogP contribution in [0.25, 0.3) is 0 Å². The second kappa shape index (κ2) is 11.9. The molecule has 0 bridgehead atoms. The molecule has 1 amide bonds. The first-order valence-corrected chi connectivity index (χ1v) is 9.93. The van der Waals surface area contributed by atoms with Gasteiger partial charge in [-0.25, -0.2) is 4.79 Å². The number of carbonyl (C=O) groups is 2. The summed E-state index contributed by atoms with van der Waals surface area (Å²) in [5.74, 6) is -1.11. The zero-order valence-corrected chi connectivity index (χ0v) is 16.2. The van der Waals surface area contributed by atoms with Gasteiger partial charge in [-0.2, -0.15) is 0 Å². The van der Waals surface area contributed by atoms with Gasteiger partial charge in [0.2, 0.25) is 5.91 Å². The summed E-state index contributed by atoms with van der Waals surface area (Å²) in [6.07, 6.45) is 6.76. The molecule has 150 valence electrons. The topological polar surface area (TPSA) is 92.4 Å². The number of hydrogen-bond acceptors (Lipinski definition) is 3. The average Bonchev–Trinajstić information content (AvgIpc) is 3.16. The van der Waals surface area contributed by atoms with E-state index >= 15 is 0 Å². The molecule has 1 unspecified atom stereocenters. The zero-order valence-electron chi connectivity index (χ0n) is 16.2. The molecule has 4 N–H and O–H groups in total.